The van der Waals surface area contributed by atoms with Gasteiger partial charge in [0.05, 0.1) is 12.7 Å². The van der Waals surface area contributed by atoms with Gasteiger partial charge in [0, 0.05) is 58.6 Å². The molecule has 0 radical (unpaired) electrons. The van der Waals surface area contributed by atoms with Crippen LogP contribution in [0, 0.1) is 0 Å². The Kier molecular flexibility index (Phi) is 10.2. The van der Waals surface area contributed by atoms with E-state index in [4.69, 9.17) is 4.74 Å². The van der Waals surface area contributed by atoms with Crippen LogP contribution in [-0.4, -0.2) is 67.8 Å². The van der Waals surface area contributed by atoms with Crippen LogP contribution in [0.3, 0.4) is 0 Å². The molecule has 8 heteroatoms. The molecule has 0 saturated carbocycles. The first kappa shape index (κ1) is 25.7. The second-order valence-corrected chi connectivity index (χ2v) is 8.76. The summed E-state index contributed by atoms with van der Waals surface area (Å²) in [5, 5.41) is 7.04. The summed E-state index contributed by atoms with van der Waals surface area (Å²) < 4.78 is 5.62. The lowest BCUT2D eigenvalue weighted by molar-refractivity contribution is 0.0529. The van der Waals surface area contributed by atoms with E-state index >= 15 is 0 Å². The van der Waals surface area contributed by atoms with E-state index in [2.05, 4.69) is 79.8 Å². The fraction of sp³-hybridized carbons (Fsp3) is 0.520. The van der Waals surface area contributed by atoms with Crippen LogP contribution in [0.1, 0.15) is 30.9 Å². The van der Waals surface area contributed by atoms with Gasteiger partial charge in [0.25, 0.3) is 0 Å². The highest BCUT2D eigenvalue weighted by molar-refractivity contribution is 14.0. The molecule has 33 heavy (non-hydrogen) atoms. The molecular weight excluding hydrogens is 527 g/mol. The van der Waals surface area contributed by atoms with Gasteiger partial charge in [-0.25, -0.2) is 4.98 Å². The number of likely N-dealkylation sites (tertiary alicyclic amines) is 1. The SMILES string of the molecule is CN=C(NCc1ccc(N2CCOC(C)C2)nc1)NC1CCN(Cc2ccccc2)CC1.I. The van der Waals surface area contributed by atoms with E-state index in [0.29, 0.717) is 12.6 Å². The van der Waals surface area contributed by atoms with Crippen molar-refractivity contribution >= 4 is 35.8 Å². The van der Waals surface area contributed by atoms with Crippen LogP contribution in [0.25, 0.3) is 0 Å². The number of ether oxygens (including phenoxy) is 1. The molecule has 180 valence electrons. The van der Waals surface area contributed by atoms with Gasteiger partial charge in [-0.1, -0.05) is 36.4 Å². The predicted molar refractivity (Wildman–Crippen MR) is 145 cm³/mol. The molecule has 0 spiro atoms. The zero-order valence-corrected chi connectivity index (χ0v) is 22.1. The van der Waals surface area contributed by atoms with Crippen LogP contribution < -0.4 is 15.5 Å². The van der Waals surface area contributed by atoms with Gasteiger partial charge in [-0.05, 0) is 37.0 Å². The number of pyridine rings is 1. The van der Waals surface area contributed by atoms with E-state index in [0.717, 1.165) is 69.5 Å². The lowest BCUT2D eigenvalue weighted by Gasteiger charge is -2.33. The summed E-state index contributed by atoms with van der Waals surface area (Å²) in [6.07, 6.45) is 4.47. The molecule has 2 aromatic rings. The van der Waals surface area contributed by atoms with E-state index in [1.54, 1.807) is 0 Å². The summed E-state index contributed by atoms with van der Waals surface area (Å²) in [6, 6.07) is 15.4. The molecule has 7 nitrogen and oxygen atoms in total. The average Bonchev–Trinajstić information content (AvgIpc) is 2.84. The molecule has 1 unspecified atom stereocenters. The third-order valence-corrected chi connectivity index (χ3v) is 6.24. The van der Waals surface area contributed by atoms with Crippen LogP contribution in [-0.2, 0) is 17.8 Å². The highest BCUT2D eigenvalue weighted by Gasteiger charge is 2.20. The van der Waals surface area contributed by atoms with Crippen molar-refractivity contribution in [3.63, 3.8) is 0 Å². The number of rotatable bonds is 6. The van der Waals surface area contributed by atoms with E-state index in [9.17, 15) is 0 Å². The normalized spacial score (nSPS) is 20.2. The van der Waals surface area contributed by atoms with E-state index in [1.807, 2.05) is 13.2 Å². The molecule has 2 fully saturated rings. The number of piperidine rings is 1. The highest BCUT2D eigenvalue weighted by atomic mass is 127. The van der Waals surface area contributed by atoms with Crippen molar-refractivity contribution in [2.45, 2.75) is 45.0 Å². The second-order valence-electron chi connectivity index (χ2n) is 8.76. The Morgan fingerprint density at radius 2 is 1.88 bits per heavy atom. The van der Waals surface area contributed by atoms with Gasteiger partial charge in [-0.2, -0.15) is 0 Å². The number of hydrogen-bond acceptors (Lipinski definition) is 5. The Labute approximate surface area is 215 Å². The zero-order chi connectivity index (χ0) is 22.2. The molecular formula is C25H37IN6O. The number of nitrogens with one attached hydrogen (secondary N) is 2. The quantitative estimate of drug-likeness (QED) is 0.319. The summed E-state index contributed by atoms with van der Waals surface area (Å²) in [5.74, 6) is 1.88. The van der Waals surface area contributed by atoms with Gasteiger partial charge < -0.3 is 20.3 Å². The fourth-order valence-corrected chi connectivity index (χ4v) is 4.39. The summed E-state index contributed by atoms with van der Waals surface area (Å²) in [4.78, 5) is 13.9. The largest absolute Gasteiger partial charge is 0.375 e. The molecule has 0 amide bonds. The molecule has 1 aromatic carbocycles. The second kappa shape index (κ2) is 13.1. The Bertz CT molecular complexity index is 855. The Morgan fingerprint density at radius 3 is 2.55 bits per heavy atom. The van der Waals surface area contributed by atoms with Gasteiger partial charge in [0.1, 0.15) is 5.82 Å². The van der Waals surface area contributed by atoms with Crippen LogP contribution in [0.2, 0.25) is 0 Å². The third-order valence-electron chi connectivity index (χ3n) is 6.24. The Hall–Kier alpha value is -1.91. The van der Waals surface area contributed by atoms with E-state index < -0.39 is 0 Å². The minimum Gasteiger partial charge on any atom is -0.375 e. The van der Waals surface area contributed by atoms with Crippen LogP contribution in [0.15, 0.2) is 53.7 Å². The van der Waals surface area contributed by atoms with Crippen molar-refractivity contribution in [3.05, 3.63) is 59.8 Å². The van der Waals surface area contributed by atoms with E-state index in [-0.39, 0.29) is 30.1 Å². The number of benzene rings is 1. The molecule has 1 atom stereocenters. The number of hydrogen-bond donors (Lipinski definition) is 2. The molecule has 1 aromatic heterocycles. The zero-order valence-electron chi connectivity index (χ0n) is 19.7. The Morgan fingerprint density at radius 1 is 1.09 bits per heavy atom. The molecule has 2 aliphatic rings. The van der Waals surface area contributed by atoms with Gasteiger partial charge in [0.2, 0.25) is 0 Å². The van der Waals surface area contributed by atoms with Crippen molar-refractivity contribution in [2.24, 2.45) is 4.99 Å². The highest BCUT2D eigenvalue weighted by Crippen LogP contribution is 2.16. The lowest BCUT2D eigenvalue weighted by atomic mass is 10.0. The third kappa shape index (κ3) is 7.82. The first-order valence-corrected chi connectivity index (χ1v) is 11.7. The first-order chi connectivity index (χ1) is 15.7. The maximum Gasteiger partial charge on any atom is 0.191 e. The number of nitrogens with zero attached hydrogens (tertiary/aromatic N) is 4. The van der Waals surface area contributed by atoms with Crippen molar-refractivity contribution in [3.8, 4) is 0 Å². The summed E-state index contributed by atoms with van der Waals surface area (Å²) in [7, 11) is 1.83. The molecule has 0 bridgehead atoms. The maximum atomic E-state index is 5.62. The number of halogens is 1. The van der Waals surface area contributed by atoms with Crippen LogP contribution in [0.4, 0.5) is 5.82 Å². The molecule has 0 aliphatic carbocycles. The van der Waals surface area contributed by atoms with E-state index in [1.165, 1.54) is 5.56 Å². The summed E-state index contributed by atoms with van der Waals surface area (Å²) in [6.45, 7) is 8.62. The number of aromatic nitrogens is 1. The molecule has 2 N–H and O–H groups in total. The van der Waals surface area contributed by atoms with Crippen molar-refractivity contribution in [2.75, 3.05) is 44.7 Å². The molecule has 2 aliphatic heterocycles. The number of anilines is 1. The summed E-state index contributed by atoms with van der Waals surface area (Å²) in [5.41, 5.74) is 2.54. The summed E-state index contributed by atoms with van der Waals surface area (Å²) >= 11 is 0. The lowest BCUT2D eigenvalue weighted by Crippen LogP contribution is -2.48. The van der Waals surface area contributed by atoms with Crippen molar-refractivity contribution < 1.29 is 4.74 Å². The number of aliphatic imine (C=N–C) groups is 1. The predicted octanol–water partition coefficient (Wildman–Crippen LogP) is 3.25. The topological polar surface area (TPSA) is 65.0 Å². The van der Waals surface area contributed by atoms with Gasteiger partial charge in [0.15, 0.2) is 5.96 Å². The molecule has 4 rings (SSSR count). The minimum atomic E-state index is 0. The van der Waals surface area contributed by atoms with Crippen molar-refractivity contribution in [1.29, 1.82) is 0 Å². The monoisotopic (exact) mass is 564 g/mol. The standard InChI is InChI=1S/C25H36N6O.HI/c1-20-18-31(14-15-32-20)24-9-8-22(16-27-24)17-28-25(26-2)29-23-10-12-30(13-11-23)19-21-6-4-3-5-7-21;/h3-9,16,20,23H,10-15,17-19H2,1-2H3,(H2,26,28,29);1H. The first-order valence-electron chi connectivity index (χ1n) is 11.7. The van der Waals surface area contributed by atoms with Gasteiger partial charge in [-0.15, -0.1) is 24.0 Å². The average molecular weight is 565 g/mol. The maximum absolute atomic E-state index is 5.62. The molecule has 2 saturated heterocycles. The number of morpholine rings is 1. The minimum absolute atomic E-state index is 0. The smallest absolute Gasteiger partial charge is 0.191 e. The van der Waals surface area contributed by atoms with Gasteiger partial charge >= 0.3 is 0 Å². The fourth-order valence-electron chi connectivity index (χ4n) is 4.39. The van der Waals surface area contributed by atoms with Gasteiger partial charge in [-0.3, -0.25) is 9.89 Å². The Balaban J connectivity index is 0.00000306. The van der Waals surface area contributed by atoms with Crippen LogP contribution in [0.5, 0.6) is 0 Å². The number of guanidine groups is 1. The van der Waals surface area contributed by atoms with Crippen molar-refractivity contribution in [1.82, 2.24) is 20.5 Å². The molecule has 3 heterocycles. The van der Waals surface area contributed by atoms with Crippen LogP contribution >= 0.6 is 24.0 Å².